The molecule has 0 fully saturated rings. The van der Waals surface area contributed by atoms with Crippen molar-refractivity contribution in [3.8, 4) is 0 Å². The highest BCUT2D eigenvalue weighted by Crippen LogP contribution is 2.06. The van der Waals surface area contributed by atoms with Crippen LogP contribution in [-0.4, -0.2) is 19.9 Å². The highest BCUT2D eigenvalue weighted by molar-refractivity contribution is 6.16. The van der Waals surface area contributed by atoms with E-state index in [0.29, 0.717) is 10.8 Å². The van der Waals surface area contributed by atoms with E-state index in [9.17, 15) is 4.79 Å². The molecule has 0 spiro atoms. The monoisotopic (exact) mass is 241 g/mol. The van der Waals surface area contributed by atoms with Crippen molar-refractivity contribution in [1.82, 2.24) is 19.9 Å². The van der Waals surface area contributed by atoms with E-state index in [0.717, 1.165) is 0 Å². The molecule has 0 saturated carbocycles. The summed E-state index contributed by atoms with van der Waals surface area (Å²) in [7, 11) is 0. The first-order chi connectivity index (χ1) is 7.61. The zero-order chi connectivity index (χ0) is 11.7. The van der Waals surface area contributed by atoms with Gasteiger partial charge >= 0.3 is 0 Å². The number of rotatable bonds is 2. The minimum absolute atomic E-state index is 0.00502. The molecule has 2 aromatic heterocycles. The van der Waals surface area contributed by atoms with Gasteiger partial charge in [-0.05, 0) is 0 Å². The van der Waals surface area contributed by atoms with Gasteiger partial charge in [-0.15, -0.1) is 11.6 Å². The van der Waals surface area contributed by atoms with Crippen molar-refractivity contribution in [3.05, 3.63) is 22.2 Å². The Hall–Kier alpha value is -1.77. The van der Waals surface area contributed by atoms with Gasteiger partial charge in [-0.3, -0.25) is 9.78 Å². The van der Waals surface area contributed by atoms with Crippen LogP contribution in [0.1, 0.15) is 5.69 Å². The second kappa shape index (κ2) is 4.00. The minimum atomic E-state index is -0.472. The standard InChI is InChI=1S/C7H8ClN7O/c8-1-3-2-11-5-4(12-3)6(16)14-7(13-5)15(9)10/h2H,1,9-10H2,(H,11,13,14,16). The van der Waals surface area contributed by atoms with Crippen molar-refractivity contribution < 1.29 is 0 Å². The molecule has 2 rings (SSSR count). The summed E-state index contributed by atoms with van der Waals surface area (Å²) >= 11 is 5.58. The number of aromatic amines is 1. The van der Waals surface area contributed by atoms with Gasteiger partial charge in [0.15, 0.2) is 11.2 Å². The number of alkyl halides is 1. The average molecular weight is 242 g/mol. The molecule has 9 heteroatoms. The fraction of sp³-hybridized carbons (Fsp3) is 0.143. The van der Waals surface area contributed by atoms with Crippen molar-refractivity contribution in [2.75, 3.05) is 5.12 Å². The normalized spacial score (nSPS) is 10.7. The molecule has 0 aliphatic carbocycles. The summed E-state index contributed by atoms with van der Waals surface area (Å²) in [6, 6.07) is 0. The SMILES string of the molecule is NN(N)c1nc2ncc(CCl)nc2c(=O)[nH]1. The molecule has 0 amide bonds. The Balaban J connectivity index is 2.71. The quantitative estimate of drug-likeness (QED) is 0.350. The maximum absolute atomic E-state index is 11.6. The van der Waals surface area contributed by atoms with Gasteiger partial charge in [0.2, 0.25) is 5.95 Å². The predicted octanol–water partition coefficient (Wildman–Crippen LogP) is -0.994. The first-order valence-electron chi connectivity index (χ1n) is 4.23. The molecule has 0 unspecified atom stereocenters. The summed E-state index contributed by atoms with van der Waals surface area (Å²) in [5.41, 5.74) is 0.282. The van der Waals surface area contributed by atoms with Crippen LogP contribution in [0.2, 0.25) is 0 Å². The lowest BCUT2D eigenvalue weighted by molar-refractivity contribution is 0.858. The third kappa shape index (κ3) is 1.81. The molecule has 0 aliphatic rings. The zero-order valence-electron chi connectivity index (χ0n) is 8.01. The fourth-order valence-electron chi connectivity index (χ4n) is 1.13. The van der Waals surface area contributed by atoms with Crippen LogP contribution >= 0.6 is 11.6 Å². The number of hydrogen-bond donors (Lipinski definition) is 3. The molecular formula is C7H8ClN7O. The lowest BCUT2D eigenvalue weighted by Gasteiger charge is -2.09. The van der Waals surface area contributed by atoms with Gasteiger partial charge < -0.3 is 0 Å². The number of hydrazine groups is 2. The van der Waals surface area contributed by atoms with Gasteiger partial charge in [0, 0.05) is 0 Å². The van der Waals surface area contributed by atoms with Crippen LogP contribution in [0, 0.1) is 0 Å². The number of halogens is 1. The van der Waals surface area contributed by atoms with E-state index >= 15 is 0 Å². The van der Waals surface area contributed by atoms with Crippen molar-refractivity contribution in [1.29, 1.82) is 0 Å². The maximum Gasteiger partial charge on any atom is 0.280 e. The summed E-state index contributed by atoms with van der Waals surface area (Å²) < 4.78 is 0. The number of fused-ring (bicyclic) bond motifs is 1. The van der Waals surface area contributed by atoms with Crippen molar-refractivity contribution >= 4 is 28.7 Å². The first kappa shape index (κ1) is 10.7. The molecule has 0 saturated heterocycles. The van der Waals surface area contributed by atoms with E-state index in [1.165, 1.54) is 6.20 Å². The Bertz CT molecular complexity index is 580. The Morgan fingerprint density at radius 1 is 1.44 bits per heavy atom. The number of nitrogens with two attached hydrogens (primary N) is 2. The Morgan fingerprint density at radius 3 is 2.81 bits per heavy atom. The molecule has 0 bridgehead atoms. The number of hydrogen-bond acceptors (Lipinski definition) is 7. The van der Waals surface area contributed by atoms with E-state index in [2.05, 4.69) is 19.9 Å². The molecular weight excluding hydrogens is 234 g/mol. The highest BCUT2D eigenvalue weighted by Gasteiger charge is 2.08. The van der Waals surface area contributed by atoms with Crippen molar-refractivity contribution in [2.24, 2.45) is 11.7 Å². The average Bonchev–Trinajstić information content (AvgIpc) is 2.28. The third-order valence-corrected chi connectivity index (χ3v) is 2.11. The van der Waals surface area contributed by atoms with Crippen LogP contribution in [0.5, 0.6) is 0 Å². The molecule has 84 valence electrons. The van der Waals surface area contributed by atoms with Crippen molar-refractivity contribution in [2.45, 2.75) is 5.88 Å². The Kier molecular flexibility index (Phi) is 2.69. The molecule has 0 atom stereocenters. The molecule has 2 aromatic rings. The Morgan fingerprint density at radius 2 is 2.19 bits per heavy atom. The lowest BCUT2D eigenvalue weighted by Crippen LogP contribution is -2.40. The minimum Gasteiger partial charge on any atom is -0.288 e. The van der Waals surface area contributed by atoms with Crippen LogP contribution in [0.25, 0.3) is 11.2 Å². The molecule has 0 aliphatic heterocycles. The summed E-state index contributed by atoms with van der Waals surface area (Å²) in [6.07, 6.45) is 1.43. The summed E-state index contributed by atoms with van der Waals surface area (Å²) in [5, 5.41) is 0.692. The highest BCUT2D eigenvalue weighted by atomic mass is 35.5. The molecule has 0 aromatic carbocycles. The second-order valence-corrected chi connectivity index (χ2v) is 3.23. The van der Waals surface area contributed by atoms with Gasteiger partial charge in [0.25, 0.3) is 5.56 Å². The maximum atomic E-state index is 11.6. The molecule has 5 N–H and O–H groups in total. The molecule has 8 nitrogen and oxygen atoms in total. The van der Waals surface area contributed by atoms with E-state index < -0.39 is 5.56 Å². The predicted molar refractivity (Wildman–Crippen MR) is 58.4 cm³/mol. The number of nitrogens with one attached hydrogen (secondary N) is 1. The van der Waals surface area contributed by atoms with Gasteiger partial charge in [-0.25, -0.2) is 26.8 Å². The number of aromatic nitrogens is 4. The third-order valence-electron chi connectivity index (χ3n) is 1.84. The van der Waals surface area contributed by atoms with Gasteiger partial charge in [-0.1, -0.05) is 0 Å². The van der Waals surface area contributed by atoms with Gasteiger partial charge in [0.1, 0.15) is 0 Å². The van der Waals surface area contributed by atoms with Gasteiger partial charge in [-0.2, -0.15) is 4.98 Å². The number of anilines is 1. The first-order valence-corrected chi connectivity index (χ1v) is 4.76. The van der Waals surface area contributed by atoms with E-state index in [1.54, 1.807) is 0 Å². The van der Waals surface area contributed by atoms with E-state index in [1.807, 2.05) is 0 Å². The molecule has 0 radical (unpaired) electrons. The van der Waals surface area contributed by atoms with Crippen LogP contribution in [-0.2, 0) is 5.88 Å². The van der Waals surface area contributed by atoms with Crippen LogP contribution in [0.15, 0.2) is 11.0 Å². The van der Waals surface area contributed by atoms with Gasteiger partial charge in [0.05, 0.1) is 17.8 Å². The molecule has 16 heavy (non-hydrogen) atoms. The van der Waals surface area contributed by atoms with Crippen LogP contribution in [0.4, 0.5) is 5.95 Å². The summed E-state index contributed by atoms with van der Waals surface area (Å²) in [5.74, 6) is 10.7. The second-order valence-electron chi connectivity index (χ2n) is 2.96. The largest absolute Gasteiger partial charge is 0.288 e. The zero-order valence-corrected chi connectivity index (χ0v) is 8.77. The smallest absolute Gasteiger partial charge is 0.280 e. The number of nitrogens with zero attached hydrogens (tertiary/aromatic N) is 4. The van der Waals surface area contributed by atoms with Crippen LogP contribution < -0.4 is 22.4 Å². The van der Waals surface area contributed by atoms with E-state index in [4.69, 9.17) is 23.3 Å². The van der Waals surface area contributed by atoms with Crippen LogP contribution in [0.3, 0.4) is 0 Å². The number of H-pyrrole nitrogens is 1. The topological polar surface area (TPSA) is 127 Å². The lowest BCUT2D eigenvalue weighted by atomic mass is 10.4. The summed E-state index contributed by atoms with van der Waals surface area (Å²) in [4.78, 5) is 25.8. The summed E-state index contributed by atoms with van der Waals surface area (Å²) in [6.45, 7) is 0. The van der Waals surface area contributed by atoms with E-state index in [-0.39, 0.29) is 23.0 Å². The van der Waals surface area contributed by atoms with Crippen molar-refractivity contribution in [3.63, 3.8) is 0 Å². The molecule has 2 heterocycles. The Labute approximate surface area is 94.2 Å². The fourth-order valence-corrected chi connectivity index (χ4v) is 1.26.